The van der Waals surface area contributed by atoms with Gasteiger partial charge in [0.15, 0.2) is 0 Å². The summed E-state index contributed by atoms with van der Waals surface area (Å²) in [6.45, 7) is 0.168. The van der Waals surface area contributed by atoms with Crippen LogP contribution in [0.15, 0.2) is 60.7 Å². The number of esters is 1. The quantitative estimate of drug-likeness (QED) is 0.481. The fourth-order valence-corrected chi connectivity index (χ4v) is 3.63. The highest BCUT2D eigenvalue weighted by molar-refractivity contribution is 7.48. The van der Waals surface area contributed by atoms with Crippen LogP contribution in [0.5, 0.6) is 0 Å². The molecule has 0 aliphatic carbocycles. The fraction of sp³-hybridized carbons (Fsp3) is 0.316. The minimum atomic E-state index is -3.81. The van der Waals surface area contributed by atoms with Gasteiger partial charge in [-0.2, -0.15) is 0 Å². The largest absolute Gasteiger partial charge is 0.475 e. The summed E-state index contributed by atoms with van der Waals surface area (Å²) >= 11 is 0. The highest BCUT2D eigenvalue weighted by Crippen LogP contribution is 2.51. The molecule has 1 saturated heterocycles. The zero-order chi connectivity index (χ0) is 18.2. The van der Waals surface area contributed by atoms with Gasteiger partial charge < -0.3 is 4.74 Å². The summed E-state index contributed by atoms with van der Waals surface area (Å²) in [5.74, 6) is -0.274. The van der Waals surface area contributed by atoms with Crippen LogP contribution in [0.1, 0.15) is 24.0 Å². The zero-order valence-corrected chi connectivity index (χ0v) is 15.2. The maximum atomic E-state index is 13.0. The highest BCUT2D eigenvalue weighted by Gasteiger charge is 2.31. The van der Waals surface area contributed by atoms with Gasteiger partial charge in [-0.1, -0.05) is 60.7 Å². The van der Waals surface area contributed by atoms with Gasteiger partial charge in [0.1, 0.15) is 6.10 Å². The molecule has 7 heteroatoms. The van der Waals surface area contributed by atoms with Crippen LogP contribution in [0.4, 0.5) is 0 Å². The Morgan fingerprint density at radius 2 is 1.42 bits per heavy atom. The molecule has 6 nitrogen and oxygen atoms in total. The SMILES string of the molecule is O=C1CC[C@@H](COP(=O)(OCc2ccccc2)OCc2ccccc2)O1. The van der Waals surface area contributed by atoms with Gasteiger partial charge in [0.05, 0.1) is 19.8 Å². The van der Waals surface area contributed by atoms with E-state index < -0.39 is 13.9 Å². The van der Waals surface area contributed by atoms with Crippen LogP contribution in [0, 0.1) is 0 Å². The van der Waals surface area contributed by atoms with E-state index >= 15 is 0 Å². The average molecular weight is 376 g/mol. The van der Waals surface area contributed by atoms with E-state index in [0.29, 0.717) is 12.8 Å². The molecule has 1 fully saturated rings. The van der Waals surface area contributed by atoms with Crippen molar-refractivity contribution < 1.29 is 27.7 Å². The number of ether oxygens (including phenoxy) is 1. The number of hydrogen-bond acceptors (Lipinski definition) is 6. The summed E-state index contributed by atoms with van der Waals surface area (Å²) < 4.78 is 34.5. The molecule has 1 heterocycles. The van der Waals surface area contributed by atoms with Gasteiger partial charge in [-0.05, 0) is 17.5 Å². The molecule has 1 atom stereocenters. The lowest BCUT2D eigenvalue weighted by atomic mass is 10.2. The third kappa shape index (κ3) is 5.78. The number of hydrogen-bond donors (Lipinski definition) is 0. The first-order valence-corrected chi connectivity index (χ1v) is 9.90. The van der Waals surface area contributed by atoms with E-state index in [-0.39, 0.29) is 25.8 Å². The van der Waals surface area contributed by atoms with Crippen molar-refractivity contribution in [3.05, 3.63) is 71.8 Å². The van der Waals surface area contributed by atoms with Gasteiger partial charge in [-0.25, -0.2) is 4.57 Å². The fourth-order valence-electron chi connectivity index (χ4n) is 2.44. The maximum Gasteiger partial charge on any atom is 0.475 e. The van der Waals surface area contributed by atoms with Gasteiger partial charge in [-0.15, -0.1) is 0 Å². The molecule has 0 radical (unpaired) electrons. The Balaban J connectivity index is 1.60. The van der Waals surface area contributed by atoms with Crippen molar-refractivity contribution in [3.8, 4) is 0 Å². The first-order valence-electron chi connectivity index (χ1n) is 8.44. The minimum Gasteiger partial charge on any atom is -0.460 e. The summed E-state index contributed by atoms with van der Waals surface area (Å²) in [4.78, 5) is 11.2. The number of cyclic esters (lactones) is 1. The van der Waals surface area contributed by atoms with Crippen LogP contribution < -0.4 is 0 Å². The zero-order valence-electron chi connectivity index (χ0n) is 14.3. The van der Waals surface area contributed by atoms with Crippen molar-refractivity contribution in [2.24, 2.45) is 0 Å². The lowest BCUT2D eigenvalue weighted by Crippen LogP contribution is -2.15. The number of phosphoric acid groups is 1. The van der Waals surface area contributed by atoms with Crippen molar-refractivity contribution >= 4 is 13.8 Å². The molecule has 2 aromatic rings. The number of carbonyl (C=O) groups is 1. The second-order valence-electron chi connectivity index (χ2n) is 5.91. The predicted octanol–water partition coefficient (Wildman–Crippen LogP) is 4.25. The molecule has 2 aromatic carbocycles. The van der Waals surface area contributed by atoms with Gasteiger partial charge in [-0.3, -0.25) is 18.4 Å². The highest BCUT2D eigenvalue weighted by atomic mass is 31.2. The van der Waals surface area contributed by atoms with E-state index in [9.17, 15) is 9.36 Å². The molecular formula is C19H21O6P. The molecule has 0 amide bonds. The molecule has 26 heavy (non-hydrogen) atoms. The molecule has 0 unspecified atom stereocenters. The van der Waals surface area contributed by atoms with E-state index in [2.05, 4.69) is 0 Å². The van der Waals surface area contributed by atoms with Crippen molar-refractivity contribution in [2.45, 2.75) is 32.2 Å². The normalized spacial score (nSPS) is 17.2. The van der Waals surface area contributed by atoms with E-state index in [1.165, 1.54) is 0 Å². The summed E-state index contributed by atoms with van der Waals surface area (Å²) in [5, 5.41) is 0. The molecule has 1 aliphatic rings. The van der Waals surface area contributed by atoms with E-state index in [1.807, 2.05) is 60.7 Å². The Labute approximate surface area is 152 Å². The predicted molar refractivity (Wildman–Crippen MR) is 95.1 cm³/mol. The molecule has 3 rings (SSSR count). The van der Waals surface area contributed by atoms with E-state index in [4.69, 9.17) is 18.3 Å². The van der Waals surface area contributed by atoms with Crippen molar-refractivity contribution in [3.63, 3.8) is 0 Å². The third-order valence-electron chi connectivity index (χ3n) is 3.85. The summed E-state index contributed by atoms with van der Waals surface area (Å²) in [6.07, 6.45) is 0.459. The van der Waals surface area contributed by atoms with E-state index in [0.717, 1.165) is 11.1 Å². The van der Waals surface area contributed by atoms with Crippen LogP contribution in [0.25, 0.3) is 0 Å². The first kappa shape index (κ1) is 18.8. The topological polar surface area (TPSA) is 71.1 Å². The van der Waals surface area contributed by atoms with Crippen LogP contribution >= 0.6 is 7.82 Å². The van der Waals surface area contributed by atoms with Crippen molar-refractivity contribution in [1.82, 2.24) is 0 Å². The molecule has 0 N–H and O–H groups in total. The second-order valence-corrected chi connectivity index (χ2v) is 7.58. The summed E-state index contributed by atoms with van der Waals surface area (Å²) in [5.41, 5.74) is 1.71. The van der Waals surface area contributed by atoms with Crippen LogP contribution in [-0.2, 0) is 40.9 Å². The van der Waals surface area contributed by atoms with Crippen molar-refractivity contribution in [2.75, 3.05) is 6.61 Å². The lowest BCUT2D eigenvalue weighted by Gasteiger charge is -2.19. The van der Waals surface area contributed by atoms with Crippen LogP contribution in [0.3, 0.4) is 0 Å². The molecule has 0 saturated carbocycles. The molecule has 0 aromatic heterocycles. The maximum absolute atomic E-state index is 13.0. The molecule has 138 valence electrons. The Bertz CT molecular complexity index is 702. The van der Waals surface area contributed by atoms with Gasteiger partial charge in [0, 0.05) is 6.42 Å². The standard InChI is InChI=1S/C19H21O6P/c20-19-12-11-18(25-19)15-24-26(21,22-13-16-7-3-1-4-8-16)23-14-17-9-5-2-6-10-17/h1-10,18H,11-15H2/t18-/m0/s1. The van der Waals surface area contributed by atoms with Crippen molar-refractivity contribution in [1.29, 1.82) is 0 Å². The molecule has 0 spiro atoms. The first-order chi connectivity index (χ1) is 12.6. The molecule has 0 bridgehead atoms. The van der Waals surface area contributed by atoms with Crippen LogP contribution in [-0.4, -0.2) is 18.7 Å². The third-order valence-corrected chi connectivity index (χ3v) is 5.21. The lowest BCUT2D eigenvalue weighted by molar-refractivity contribution is -0.142. The van der Waals surface area contributed by atoms with Gasteiger partial charge in [0.25, 0.3) is 0 Å². The number of carbonyl (C=O) groups excluding carboxylic acids is 1. The smallest absolute Gasteiger partial charge is 0.460 e. The molecular weight excluding hydrogens is 355 g/mol. The van der Waals surface area contributed by atoms with Gasteiger partial charge >= 0.3 is 13.8 Å². The minimum absolute atomic E-state index is 0.0212. The Hall–Kier alpha value is -1.98. The Kier molecular flexibility index (Phi) is 6.58. The number of benzene rings is 2. The van der Waals surface area contributed by atoms with Gasteiger partial charge in [0.2, 0.25) is 0 Å². The van der Waals surface area contributed by atoms with E-state index in [1.54, 1.807) is 0 Å². The second kappa shape index (κ2) is 9.10. The Morgan fingerprint density at radius 1 is 0.885 bits per heavy atom. The number of rotatable bonds is 9. The summed E-state index contributed by atoms with van der Waals surface area (Å²) in [6, 6.07) is 18.7. The molecule has 1 aliphatic heterocycles. The Morgan fingerprint density at radius 3 is 1.88 bits per heavy atom. The number of phosphoric ester groups is 1. The summed E-state index contributed by atoms with van der Waals surface area (Å²) in [7, 11) is -3.81. The average Bonchev–Trinajstić information content (AvgIpc) is 3.11. The van der Waals surface area contributed by atoms with Crippen LogP contribution in [0.2, 0.25) is 0 Å². The monoisotopic (exact) mass is 376 g/mol.